The maximum atomic E-state index is 11.3. The lowest BCUT2D eigenvalue weighted by Crippen LogP contribution is -2.75. The topological polar surface area (TPSA) is 84.8 Å². The Labute approximate surface area is 238 Å². The van der Waals surface area contributed by atoms with Crippen LogP contribution in [-0.4, -0.2) is 83.6 Å². The molecule has 5 rings (SSSR count). The number of aliphatic hydroxyl groups excluding tert-OH is 1. The van der Waals surface area contributed by atoms with Gasteiger partial charge in [-0.25, -0.2) is 0 Å². The first kappa shape index (κ1) is 29.8. The normalized spacial score (nSPS) is 34.6. The van der Waals surface area contributed by atoms with Crippen LogP contribution in [0.4, 0.5) is 0 Å². The van der Waals surface area contributed by atoms with E-state index in [2.05, 4.69) is 69.3 Å². The number of methoxy groups -OCH3 is 3. The molecular weight excluding hydrogens is 528 g/mol. The number of hydrogen-bond donors (Lipinski definition) is 1. The van der Waals surface area contributed by atoms with Gasteiger partial charge in [-0.1, -0.05) is 81.4 Å². The number of benzene rings is 2. The number of rotatable bonds is 8. The van der Waals surface area contributed by atoms with Gasteiger partial charge < -0.3 is 38.0 Å². The smallest absolute Gasteiger partial charge is 0.261 e. The summed E-state index contributed by atoms with van der Waals surface area (Å²) in [5.41, 5.74) is 0. The zero-order chi connectivity index (χ0) is 28.6. The van der Waals surface area contributed by atoms with Crippen LogP contribution < -0.4 is 10.4 Å². The minimum atomic E-state index is -2.86. The van der Waals surface area contributed by atoms with Crippen LogP contribution >= 0.6 is 0 Å². The molecule has 0 amide bonds. The molecule has 7 unspecified atom stereocenters. The molecule has 0 aromatic heterocycles. The molecule has 2 heterocycles. The molecule has 0 spiro atoms. The quantitative estimate of drug-likeness (QED) is 0.483. The van der Waals surface area contributed by atoms with E-state index in [1.807, 2.05) is 12.1 Å². The van der Waals surface area contributed by atoms with Crippen molar-refractivity contribution < 1.29 is 38.0 Å². The molecule has 1 aliphatic carbocycles. The standard InChI is InChI=1S/C31H44O8Si/c1-29(2,3)40(22-15-9-7-10-16-22,23-17-11-8-12-18-23)36-21-24-26-27(25(32)28(33-4)37-24)39-31(35-6)20-14-13-19-30(31,34-5)38-26/h7-12,15-18,24-28,32H,13-14,19-21H2,1-6H3. The first-order chi connectivity index (χ1) is 19.2. The Balaban J connectivity index is 1.54. The van der Waals surface area contributed by atoms with Gasteiger partial charge >= 0.3 is 0 Å². The van der Waals surface area contributed by atoms with Gasteiger partial charge in [0.25, 0.3) is 8.32 Å². The molecule has 7 atom stereocenters. The van der Waals surface area contributed by atoms with Crippen molar-refractivity contribution in [2.45, 2.75) is 93.8 Å². The van der Waals surface area contributed by atoms with Crippen molar-refractivity contribution in [3.05, 3.63) is 60.7 Å². The van der Waals surface area contributed by atoms with E-state index in [0.717, 1.165) is 12.8 Å². The van der Waals surface area contributed by atoms with E-state index in [1.54, 1.807) is 14.2 Å². The van der Waals surface area contributed by atoms with E-state index in [9.17, 15) is 5.11 Å². The van der Waals surface area contributed by atoms with Crippen molar-refractivity contribution in [2.75, 3.05) is 27.9 Å². The largest absolute Gasteiger partial charge is 0.405 e. The molecule has 2 aromatic rings. The lowest BCUT2D eigenvalue weighted by atomic mass is 9.83. The molecule has 1 saturated carbocycles. The summed E-state index contributed by atoms with van der Waals surface area (Å²) in [6.45, 7) is 6.92. The van der Waals surface area contributed by atoms with E-state index < -0.39 is 50.6 Å². The predicted molar refractivity (Wildman–Crippen MR) is 153 cm³/mol. The summed E-state index contributed by atoms with van der Waals surface area (Å²) in [4.78, 5) is 0. The monoisotopic (exact) mass is 572 g/mol. The summed E-state index contributed by atoms with van der Waals surface area (Å²) in [7, 11) is 1.88. The Morgan fingerprint density at radius 3 is 1.77 bits per heavy atom. The maximum absolute atomic E-state index is 11.3. The second-order valence-corrected chi connectivity index (χ2v) is 16.3. The third kappa shape index (κ3) is 4.79. The van der Waals surface area contributed by atoms with E-state index in [0.29, 0.717) is 12.8 Å². The fraction of sp³-hybridized carbons (Fsp3) is 0.613. The van der Waals surface area contributed by atoms with E-state index in [4.69, 9.17) is 32.8 Å². The lowest BCUT2D eigenvalue weighted by Gasteiger charge is -2.60. The molecule has 9 heteroatoms. The fourth-order valence-electron chi connectivity index (χ4n) is 6.91. The van der Waals surface area contributed by atoms with Crippen LogP contribution in [0.25, 0.3) is 0 Å². The molecule has 8 nitrogen and oxygen atoms in total. The van der Waals surface area contributed by atoms with Crippen molar-refractivity contribution in [3.63, 3.8) is 0 Å². The highest BCUT2D eigenvalue weighted by molar-refractivity contribution is 6.99. The minimum Gasteiger partial charge on any atom is -0.405 e. The number of hydrogen-bond acceptors (Lipinski definition) is 8. The molecular formula is C31H44O8Si. The third-order valence-corrected chi connectivity index (χ3v) is 13.9. The Morgan fingerprint density at radius 2 is 1.32 bits per heavy atom. The highest BCUT2D eigenvalue weighted by Gasteiger charge is 2.67. The highest BCUT2D eigenvalue weighted by atomic mass is 28.4. The fourth-order valence-corrected chi connectivity index (χ4v) is 11.5. The van der Waals surface area contributed by atoms with E-state index >= 15 is 0 Å². The van der Waals surface area contributed by atoms with Gasteiger partial charge in [-0.05, 0) is 28.3 Å². The Hall–Kier alpha value is -1.66. The summed E-state index contributed by atoms with van der Waals surface area (Å²) >= 11 is 0. The van der Waals surface area contributed by atoms with Gasteiger partial charge in [-0.15, -0.1) is 0 Å². The lowest BCUT2D eigenvalue weighted by molar-refractivity contribution is -0.496. The Kier molecular flexibility index (Phi) is 8.61. The van der Waals surface area contributed by atoms with Gasteiger partial charge in [0.1, 0.15) is 24.4 Å². The minimum absolute atomic E-state index is 0.212. The summed E-state index contributed by atoms with van der Waals surface area (Å²) in [5.74, 6) is -2.26. The maximum Gasteiger partial charge on any atom is 0.261 e. The van der Waals surface area contributed by atoms with Gasteiger partial charge in [0.2, 0.25) is 11.6 Å². The first-order valence-electron chi connectivity index (χ1n) is 14.2. The highest BCUT2D eigenvalue weighted by Crippen LogP contribution is 2.51. The molecule has 2 aliphatic heterocycles. The van der Waals surface area contributed by atoms with Crippen molar-refractivity contribution in [2.24, 2.45) is 0 Å². The Morgan fingerprint density at radius 1 is 0.825 bits per heavy atom. The van der Waals surface area contributed by atoms with Gasteiger partial charge in [-0.3, -0.25) is 0 Å². The summed E-state index contributed by atoms with van der Waals surface area (Å²) in [6.07, 6.45) is -1.000. The van der Waals surface area contributed by atoms with E-state index in [1.165, 1.54) is 17.5 Å². The molecule has 2 saturated heterocycles. The number of ether oxygens (including phenoxy) is 6. The summed E-state index contributed by atoms with van der Waals surface area (Å²) in [5, 5.41) is 13.4. The third-order valence-electron chi connectivity index (χ3n) is 8.88. The van der Waals surface area contributed by atoms with Crippen molar-refractivity contribution in [3.8, 4) is 0 Å². The van der Waals surface area contributed by atoms with Crippen molar-refractivity contribution in [1.29, 1.82) is 0 Å². The molecule has 1 N–H and O–H groups in total. The van der Waals surface area contributed by atoms with Crippen LogP contribution in [0.5, 0.6) is 0 Å². The molecule has 3 aliphatic rings. The molecule has 220 valence electrons. The second kappa shape index (κ2) is 11.5. The summed E-state index contributed by atoms with van der Waals surface area (Å²) in [6, 6.07) is 20.9. The molecule has 3 fully saturated rings. The zero-order valence-electron chi connectivity index (χ0n) is 24.5. The first-order valence-corrected chi connectivity index (χ1v) is 16.1. The molecule has 40 heavy (non-hydrogen) atoms. The molecule has 2 aromatic carbocycles. The molecule has 0 radical (unpaired) electrons. The molecule has 0 bridgehead atoms. The average molecular weight is 573 g/mol. The summed E-state index contributed by atoms with van der Waals surface area (Å²) < 4.78 is 44.6. The predicted octanol–water partition coefficient (Wildman–Crippen LogP) is 3.34. The van der Waals surface area contributed by atoms with Gasteiger partial charge in [0.05, 0.1) is 6.61 Å². The van der Waals surface area contributed by atoms with Crippen LogP contribution in [0.2, 0.25) is 5.04 Å². The number of fused-ring (bicyclic) bond motifs is 2. The van der Waals surface area contributed by atoms with Gasteiger partial charge in [0, 0.05) is 34.2 Å². The van der Waals surface area contributed by atoms with Crippen LogP contribution in [0, 0.1) is 0 Å². The SMILES string of the molecule is COC1OC(CO[Si](c2ccccc2)(c2ccccc2)C(C)(C)C)C2OC3(OC)CCCCC3(OC)OC2C1O. The Bertz CT molecular complexity index is 1070. The van der Waals surface area contributed by atoms with Crippen molar-refractivity contribution in [1.82, 2.24) is 0 Å². The number of aliphatic hydroxyl groups is 1. The van der Waals surface area contributed by atoms with Crippen LogP contribution in [-0.2, 0) is 32.8 Å². The second-order valence-electron chi connectivity index (χ2n) is 12.0. The van der Waals surface area contributed by atoms with Gasteiger partial charge in [-0.2, -0.15) is 0 Å². The van der Waals surface area contributed by atoms with Crippen molar-refractivity contribution >= 4 is 18.7 Å². The van der Waals surface area contributed by atoms with Gasteiger partial charge in [0.15, 0.2) is 6.29 Å². The zero-order valence-corrected chi connectivity index (χ0v) is 25.5. The van der Waals surface area contributed by atoms with Crippen LogP contribution in [0.3, 0.4) is 0 Å². The van der Waals surface area contributed by atoms with E-state index in [-0.39, 0.29) is 11.6 Å². The average Bonchev–Trinajstić information content (AvgIpc) is 2.98. The van der Waals surface area contributed by atoms with Crippen LogP contribution in [0.15, 0.2) is 60.7 Å². The van der Waals surface area contributed by atoms with Crippen LogP contribution in [0.1, 0.15) is 46.5 Å².